The normalized spacial score (nSPS) is 10.5. The van der Waals surface area contributed by atoms with Crippen molar-refractivity contribution in [1.29, 1.82) is 0 Å². The van der Waals surface area contributed by atoms with Gasteiger partial charge in [0.15, 0.2) is 0 Å². The summed E-state index contributed by atoms with van der Waals surface area (Å²) in [6.07, 6.45) is 3.72. The van der Waals surface area contributed by atoms with Gasteiger partial charge in [-0.1, -0.05) is 0 Å². The Kier molecular flexibility index (Phi) is 1.24. The molecule has 0 saturated carbocycles. The van der Waals surface area contributed by atoms with Crippen LogP contribution >= 0.6 is 16.1 Å². The average Bonchev–Trinajstić information content (AvgIpc) is 2.34. The molecule has 0 bridgehead atoms. The SMILES string of the molecule is Brn1ccc2ncccc21. The van der Waals surface area contributed by atoms with Crippen LogP contribution in [0.25, 0.3) is 11.0 Å². The number of fused-ring (bicyclic) bond motifs is 1. The Labute approximate surface area is 66.8 Å². The quantitative estimate of drug-likeness (QED) is 0.632. The zero-order chi connectivity index (χ0) is 6.97. The van der Waals surface area contributed by atoms with Gasteiger partial charge in [0.05, 0.1) is 27.2 Å². The first-order chi connectivity index (χ1) is 4.88. The maximum atomic E-state index is 4.15. The van der Waals surface area contributed by atoms with Gasteiger partial charge in [-0.25, -0.2) is 0 Å². The van der Waals surface area contributed by atoms with Gasteiger partial charge >= 0.3 is 0 Å². The summed E-state index contributed by atoms with van der Waals surface area (Å²) in [5.74, 6) is 0. The minimum atomic E-state index is 1.01. The van der Waals surface area contributed by atoms with Crippen LogP contribution in [-0.4, -0.2) is 8.58 Å². The van der Waals surface area contributed by atoms with E-state index in [1.54, 1.807) is 6.20 Å². The lowest BCUT2D eigenvalue weighted by molar-refractivity contribution is 1.37. The Hall–Kier alpha value is -0.830. The van der Waals surface area contributed by atoms with Crippen LogP contribution < -0.4 is 0 Å². The lowest BCUT2D eigenvalue weighted by Gasteiger charge is -1.89. The van der Waals surface area contributed by atoms with E-state index >= 15 is 0 Å². The molecule has 0 aromatic carbocycles. The maximum Gasteiger partial charge on any atom is 0.0889 e. The van der Waals surface area contributed by atoms with E-state index in [2.05, 4.69) is 21.1 Å². The highest BCUT2D eigenvalue weighted by Gasteiger charge is 1.95. The maximum absolute atomic E-state index is 4.15. The van der Waals surface area contributed by atoms with Crippen LogP contribution in [0.15, 0.2) is 30.6 Å². The van der Waals surface area contributed by atoms with Gasteiger partial charge in [0.25, 0.3) is 0 Å². The van der Waals surface area contributed by atoms with Gasteiger partial charge in [-0.2, -0.15) is 0 Å². The second-order valence-corrected chi connectivity index (χ2v) is 2.80. The van der Waals surface area contributed by atoms with E-state index in [4.69, 9.17) is 0 Å². The molecule has 0 unspecified atom stereocenters. The number of hydrogen-bond donors (Lipinski definition) is 0. The van der Waals surface area contributed by atoms with Crippen molar-refractivity contribution < 1.29 is 0 Å². The molecule has 0 aliphatic carbocycles. The third-order valence-electron chi connectivity index (χ3n) is 1.41. The highest BCUT2D eigenvalue weighted by atomic mass is 79.9. The predicted molar refractivity (Wildman–Crippen MR) is 44.1 cm³/mol. The summed E-state index contributed by atoms with van der Waals surface area (Å²) in [5, 5.41) is 0. The topological polar surface area (TPSA) is 17.8 Å². The molecule has 0 atom stereocenters. The summed E-state index contributed by atoms with van der Waals surface area (Å²) < 4.78 is 1.87. The van der Waals surface area contributed by atoms with Gasteiger partial charge in [-0.15, -0.1) is 0 Å². The number of rotatable bonds is 0. The fourth-order valence-electron chi connectivity index (χ4n) is 0.934. The molecule has 2 nitrogen and oxygen atoms in total. The highest BCUT2D eigenvalue weighted by molar-refractivity contribution is 9.08. The first-order valence-corrected chi connectivity index (χ1v) is 3.67. The van der Waals surface area contributed by atoms with Gasteiger partial charge in [0.1, 0.15) is 0 Å². The number of aromatic nitrogens is 2. The molecule has 2 rings (SSSR count). The molecule has 0 fully saturated rings. The van der Waals surface area contributed by atoms with E-state index < -0.39 is 0 Å². The molecule has 50 valence electrons. The number of halogens is 1. The number of pyridine rings is 1. The highest BCUT2D eigenvalue weighted by Crippen LogP contribution is 2.13. The average molecular weight is 197 g/mol. The van der Waals surface area contributed by atoms with Crippen LogP contribution in [0.3, 0.4) is 0 Å². The molecule has 0 aliphatic heterocycles. The van der Waals surface area contributed by atoms with E-state index in [0.29, 0.717) is 0 Å². The molecule has 2 aromatic rings. The van der Waals surface area contributed by atoms with Crippen LogP contribution in [0.2, 0.25) is 0 Å². The van der Waals surface area contributed by atoms with Crippen molar-refractivity contribution in [3.8, 4) is 0 Å². The van der Waals surface area contributed by atoms with E-state index in [1.807, 2.05) is 28.0 Å². The second-order valence-electron chi connectivity index (χ2n) is 2.03. The molecule has 0 saturated heterocycles. The zero-order valence-corrected chi connectivity index (χ0v) is 6.75. The molecule has 10 heavy (non-hydrogen) atoms. The van der Waals surface area contributed by atoms with Gasteiger partial charge in [0, 0.05) is 12.4 Å². The van der Waals surface area contributed by atoms with Crippen LogP contribution in [0.1, 0.15) is 0 Å². The second kappa shape index (κ2) is 2.09. The Balaban J connectivity index is 2.93. The lowest BCUT2D eigenvalue weighted by atomic mass is 10.4. The third-order valence-corrected chi connectivity index (χ3v) is 2.03. The first kappa shape index (κ1) is 5.92. The van der Waals surface area contributed by atoms with Crippen LogP contribution in [0.4, 0.5) is 0 Å². The van der Waals surface area contributed by atoms with Gasteiger partial charge in [-0.3, -0.25) is 8.58 Å². The van der Waals surface area contributed by atoms with E-state index in [0.717, 1.165) is 11.0 Å². The minimum absolute atomic E-state index is 1.01. The zero-order valence-electron chi connectivity index (χ0n) is 5.16. The van der Waals surface area contributed by atoms with Crippen molar-refractivity contribution in [1.82, 2.24) is 8.58 Å². The number of nitrogens with zero attached hydrogens (tertiary/aromatic N) is 2. The fourth-order valence-corrected chi connectivity index (χ4v) is 1.35. The predicted octanol–water partition coefficient (Wildman–Crippen LogP) is 2.19. The molecule has 0 radical (unpaired) electrons. The Morgan fingerprint density at radius 1 is 1.40 bits per heavy atom. The molecular weight excluding hydrogens is 192 g/mol. The molecule has 3 heteroatoms. The molecule has 0 N–H and O–H groups in total. The standard InChI is InChI=1S/C7H5BrN2/c8-10-5-3-6-7(10)2-1-4-9-6/h1-5H. The van der Waals surface area contributed by atoms with Crippen LogP contribution in [-0.2, 0) is 0 Å². The minimum Gasteiger partial charge on any atom is -0.282 e. The van der Waals surface area contributed by atoms with E-state index in [9.17, 15) is 0 Å². The van der Waals surface area contributed by atoms with Crippen molar-refractivity contribution in [3.63, 3.8) is 0 Å². The molecule has 0 aliphatic rings. The van der Waals surface area contributed by atoms with E-state index in [1.165, 1.54) is 0 Å². The van der Waals surface area contributed by atoms with Crippen molar-refractivity contribution in [2.24, 2.45) is 0 Å². The van der Waals surface area contributed by atoms with Crippen molar-refractivity contribution >= 4 is 27.2 Å². The smallest absolute Gasteiger partial charge is 0.0889 e. The van der Waals surface area contributed by atoms with Crippen LogP contribution in [0, 0.1) is 0 Å². The summed E-state index contributed by atoms with van der Waals surface area (Å²) >= 11 is 3.34. The summed E-state index contributed by atoms with van der Waals surface area (Å²) in [6, 6.07) is 5.89. The van der Waals surface area contributed by atoms with Gasteiger partial charge < -0.3 is 0 Å². The van der Waals surface area contributed by atoms with Crippen molar-refractivity contribution in [2.45, 2.75) is 0 Å². The van der Waals surface area contributed by atoms with Crippen LogP contribution in [0.5, 0.6) is 0 Å². The Morgan fingerprint density at radius 2 is 2.30 bits per heavy atom. The lowest BCUT2D eigenvalue weighted by Crippen LogP contribution is -1.75. The Bertz CT molecular complexity index is 353. The van der Waals surface area contributed by atoms with Crippen molar-refractivity contribution in [3.05, 3.63) is 30.6 Å². The van der Waals surface area contributed by atoms with E-state index in [-0.39, 0.29) is 0 Å². The molecule has 0 spiro atoms. The summed E-state index contributed by atoms with van der Waals surface area (Å²) in [4.78, 5) is 4.15. The number of hydrogen-bond acceptors (Lipinski definition) is 1. The largest absolute Gasteiger partial charge is 0.282 e. The summed E-state index contributed by atoms with van der Waals surface area (Å²) in [6.45, 7) is 0. The molecule has 2 aromatic heterocycles. The third kappa shape index (κ3) is 0.743. The molecular formula is C7H5BrN2. The molecule has 0 amide bonds. The summed E-state index contributed by atoms with van der Waals surface area (Å²) in [7, 11) is 0. The first-order valence-electron chi connectivity index (χ1n) is 2.96. The monoisotopic (exact) mass is 196 g/mol. The fraction of sp³-hybridized carbons (Fsp3) is 0. The van der Waals surface area contributed by atoms with Gasteiger partial charge in [0.2, 0.25) is 0 Å². The van der Waals surface area contributed by atoms with Gasteiger partial charge in [-0.05, 0) is 18.2 Å². The summed E-state index contributed by atoms with van der Waals surface area (Å²) in [5.41, 5.74) is 2.11. The molecule has 2 heterocycles. The van der Waals surface area contributed by atoms with Crippen molar-refractivity contribution in [2.75, 3.05) is 0 Å². The Morgan fingerprint density at radius 3 is 3.10 bits per heavy atom.